The largest absolute Gasteiger partial charge is 0.463 e. The van der Waals surface area contributed by atoms with Crippen LogP contribution in [0.25, 0.3) is 0 Å². The SMILES string of the molecule is CC(C)(C)OCCOC(=O)C1CCCNC1. The van der Waals surface area contributed by atoms with Gasteiger partial charge < -0.3 is 14.8 Å². The van der Waals surface area contributed by atoms with Gasteiger partial charge in [0.2, 0.25) is 0 Å². The van der Waals surface area contributed by atoms with E-state index in [-0.39, 0.29) is 17.5 Å². The number of hydrogen-bond acceptors (Lipinski definition) is 4. The summed E-state index contributed by atoms with van der Waals surface area (Å²) < 4.78 is 10.6. The first-order valence-electron chi connectivity index (χ1n) is 6.00. The minimum Gasteiger partial charge on any atom is -0.463 e. The van der Waals surface area contributed by atoms with Crippen molar-refractivity contribution in [1.82, 2.24) is 5.32 Å². The van der Waals surface area contributed by atoms with Gasteiger partial charge in [0.25, 0.3) is 0 Å². The van der Waals surface area contributed by atoms with Crippen molar-refractivity contribution in [3.63, 3.8) is 0 Å². The van der Waals surface area contributed by atoms with Crippen molar-refractivity contribution < 1.29 is 14.3 Å². The van der Waals surface area contributed by atoms with Crippen LogP contribution in [0.4, 0.5) is 0 Å². The second-order valence-corrected chi connectivity index (χ2v) is 5.17. The molecule has 1 rings (SSSR count). The Morgan fingerprint density at radius 3 is 2.69 bits per heavy atom. The van der Waals surface area contributed by atoms with E-state index in [1.807, 2.05) is 20.8 Å². The molecule has 16 heavy (non-hydrogen) atoms. The summed E-state index contributed by atoms with van der Waals surface area (Å²) in [5.41, 5.74) is -0.168. The van der Waals surface area contributed by atoms with E-state index in [4.69, 9.17) is 9.47 Å². The Morgan fingerprint density at radius 1 is 1.38 bits per heavy atom. The van der Waals surface area contributed by atoms with Crippen LogP contribution in [0.2, 0.25) is 0 Å². The van der Waals surface area contributed by atoms with Gasteiger partial charge in [-0.1, -0.05) is 0 Å². The van der Waals surface area contributed by atoms with Crippen LogP contribution in [0.5, 0.6) is 0 Å². The highest BCUT2D eigenvalue weighted by Crippen LogP contribution is 2.12. The summed E-state index contributed by atoms with van der Waals surface area (Å²) in [7, 11) is 0. The number of carbonyl (C=O) groups excluding carboxylic acids is 1. The molecule has 0 amide bonds. The maximum Gasteiger partial charge on any atom is 0.310 e. The van der Waals surface area contributed by atoms with Gasteiger partial charge in [-0.25, -0.2) is 0 Å². The molecule has 0 aromatic carbocycles. The van der Waals surface area contributed by atoms with Crippen LogP contribution in [0.1, 0.15) is 33.6 Å². The molecule has 94 valence electrons. The number of esters is 1. The molecule has 0 radical (unpaired) electrons. The summed E-state index contributed by atoms with van der Waals surface area (Å²) in [5, 5.41) is 3.20. The van der Waals surface area contributed by atoms with Gasteiger partial charge >= 0.3 is 5.97 Å². The van der Waals surface area contributed by atoms with Crippen LogP contribution < -0.4 is 5.32 Å². The van der Waals surface area contributed by atoms with Crippen LogP contribution in [0.3, 0.4) is 0 Å². The van der Waals surface area contributed by atoms with E-state index < -0.39 is 0 Å². The van der Waals surface area contributed by atoms with E-state index in [9.17, 15) is 4.79 Å². The summed E-state index contributed by atoms with van der Waals surface area (Å²) in [6.45, 7) is 8.54. The molecule has 0 aromatic rings. The zero-order valence-electron chi connectivity index (χ0n) is 10.5. The van der Waals surface area contributed by atoms with Crippen molar-refractivity contribution in [2.75, 3.05) is 26.3 Å². The Balaban J connectivity index is 2.10. The van der Waals surface area contributed by atoms with E-state index in [0.717, 1.165) is 25.9 Å². The Hall–Kier alpha value is -0.610. The molecule has 1 unspecified atom stereocenters. The molecule has 0 spiro atoms. The Kier molecular flexibility index (Phi) is 5.22. The Labute approximate surface area is 97.7 Å². The van der Waals surface area contributed by atoms with Crippen LogP contribution in [-0.2, 0) is 14.3 Å². The number of carbonyl (C=O) groups is 1. The maximum absolute atomic E-state index is 11.6. The van der Waals surface area contributed by atoms with Crippen LogP contribution in [0, 0.1) is 5.92 Å². The third-order valence-corrected chi connectivity index (χ3v) is 2.49. The summed E-state index contributed by atoms with van der Waals surface area (Å²) in [5.74, 6) is -0.0619. The number of hydrogen-bond donors (Lipinski definition) is 1. The third kappa shape index (κ3) is 5.47. The fourth-order valence-corrected chi connectivity index (χ4v) is 1.66. The van der Waals surface area contributed by atoms with E-state index in [1.54, 1.807) is 0 Å². The van der Waals surface area contributed by atoms with E-state index in [1.165, 1.54) is 0 Å². The lowest BCUT2D eigenvalue weighted by Gasteiger charge is -2.22. The van der Waals surface area contributed by atoms with Crippen LogP contribution in [0.15, 0.2) is 0 Å². The van der Waals surface area contributed by atoms with Crippen molar-refractivity contribution >= 4 is 5.97 Å². The van der Waals surface area contributed by atoms with Crippen LogP contribution in [-0.4, -0.2) is 37.9 Å². The number of rotatable bonds is 4. The summed E-state index contributed by atoms with van der Waals surface area (Å²) >= 11 is 0. The van der Waals surface area contributed by atoms with Crippen molar-refractivity contribution in [1.29, 1.82) is 0 Å². The summed E-state index contributed by atoms with van der Waals surface area (Å²) in [6, 6.07) is 0. The van der Waals surface area contributed by atoms with Gasteiger partial charge in [-0.05, 0) is 40.2 Å². The second kappa shape index (κ2) is 6.21. The molecule has 1 atom stereocenters. The first-order valence-corrected chi connectivity index (χ1v) is 6.00. The predicted octanol–water partition coefficient (Wildman–Crippen LogP) is 1.34. The number of nitrogens with one attached hydrogen (secondary N) is 1. The standard InChI is InChI=1S/C12H23NO3/c1-12(2,3)16-8-7-15-11(14)10-5-4-6-13-9-10/h10,13H,4-9H2,1-3H3. The van der Waals surface area contributed by atoms with Gasteiger partial charge in [0.1, 0.15) is 6.61 Å². The van der Waals surface area contributed by atoms with Gasteiger partial charge in [0.15, 0.2) is 0 Å². The average Bonchev–Trinajstić information content (AvgIpc) is 2.24. The lowest BCUT2D eigenvalue weighted by molar-refractivity contribution is -0.152. The molecule has 4 nitrogen and oxygen atoms in total. The quantitative estimate of drug-likeness (QED) is 0.584. The first kappa shape index (κ1) is 13.5. The third-order valence-electron chi connectivity index (χ3n) is 2.49. The van der Waals surface area contributed by atoms with Crippen molar-refractivity contribution in [3.8, 4) is 0 Å². The molecular weight excluding hydrogens is 206 g/mol. The lowest BCUT2D eigenvalue weighted by atomic mass is 10.0. The topological polar surface area (TPSA) is 47.6 Å². The van der Waals surface area contributed by atoms with Crippen molar-refractivity contribution in [3.05, 3.63) is 0 Å². The Bertz CT molecular complexity index is 217. The number of ether oxygens (including phenoxy) is 2. The van der Waals surface area contributed by atoms with Gasteiger partial charge in [-0.15, -0.1) is 0 Å². The normalized spacial score (nSPS) is 21.8. The molecule has 0 aliphatic carbocycles. The minimum absolute atomic E-state index is 0.0309. The average molecular weight is 229 g/mol. The Morgan fingerprint density at radius 2 is 2.12 bits per heavy atom. The van der Waals surface area contributed by atoms with E-state index in [0.29, 0.717) is 13.2 Å². The van der Waals surface area contributed by atoms with Crippen LogP contribution >= 0.6 is 0 Å². The smallest absolute Gasteiger partial charge is 0.310 e. The van der Waals surface area contributed by atoms with E-state index >= 15 is 0 Å². The summed E-state index contributed by atoms with van der Waals surface area (Å²) in [4.78, 5) is 11.6. The minimum atomic E-state index is -0.168. The molecule has 4 heteroatoms. The fourth-order valence-electron chi connectivity index (χ4n) is 1.66. The molecule has 1 N–H and O–H groups in total. The van der Waals surface area contributed by atoms with Gasteiger partial charge in [0, 0.05) is 6.54 Å². The zero-order chi connectivity index (χ0) is 12.0. The van der Waals surface area contributed by atoms with Gasteiger partial charge in [0.05, 0.1) is 18.1 Å². The van der Waals surface area contributed by atoms with E-state index in [2.05, 4.69) is 5.32 Å². The highest BCUT2D eigenvalue weighted by atomic mass is 16.6. The molecule has 1 saturated heterocycles. The highest BCUT2D eigenvalue weighted by molar-refractivity contribution is 5.72. The lowest BCUT2D eigenvalue weighted by Crippen LogP contribution is -2.35. The van der Waals surface area contributed by atoms with Gasteiger partial charge in [-0.3, -0.25) is 4.79 Å². The fraction of sp³-hybridized carbons (Fsp3) is 0.917. The molecule has 0 aromatic heterocycles. The molecule has 1 aliphatic rings. The first-order chi connectivity index (χ1) is 7.49. The van der Waals surface area contributed by atoms with Crippen molar-refractivity contribution in [2.24, 2.45) is 5.92 Å². The monoisotopic (exact) mass is 229 g/mol. The predicted molar refractivity (Wildman–Crippen MR) is 62.3 cm³/mol. The highest BCUT2D eigenvalue weighted by Gasteiger charge is 2.22. The molecule has 0 saturated carbocycles. The van der Waals surface area contributed by atoms with Gasteiger partial charge in [-0.2, -0.15) is 0 Å². The summed E-state index contributed by atoms with van der Waals surface area (Å²) in [6.07, 6.45) is 1.99. The number of piperidine rings is 1. The zero-order valence-corrected chi connectivity index (χ0v) is 10.5. The molecular formula is C12H23NO3. The molecule has 1 aliphatic heterocycles. The molecule has 1 fully saturated rings. The molecule has 0 bridgehead atoms. The maximum atomic E-state index is 11.6. The van der Waals surface area contributed by atoms with Crippen molar-refractivity contribution in [2.45, 2.75) is 39.2 Å². The molecule has 1 heterocycles. The second-order valence-electron chi connectivity index (χ2n) is 5.17.